The standard InChI is InChI=1S/C21H26ClNO3/c22-17-3-1-14(2-4-17)21(9-19(25)23-10-18(24)11-23)15-5-12-6-16(21)8-13(7-15)20(12)26/h1-4,12-13,15-16,18,20,24,26H,5-11H2. The number of aliphatic hydroxyl groups excluding tert-OH is 2. The summed E-state index contributed by atoms with van der Waals surface area (Å²) in [7, 11) is 0. The maximum absolute atomic E-state index is 13.0. The Morgan fingerprint density at radius 2 is 1.58 bits per heavy atom. The predicted octanol–water partition coefficient (Wildman–Crippen LogP) is 2.60. The van der Waals surface area contributed by atoms with E-state index in [0.29, 0.717) is 43.2 Å². The number of carbonyl (C=O) groups is 1. The highest BCUT2D eigenvalue weighted by Gasteiger charge is 2.61. The van der Waals surface area contributed by atoms with Gasteiger partial charge in [0.2, 0.25) is 5.91 Å². The normalized spacial score (nSPS) is 41.3. The molecule has 0 spiro atoms. The van der Waals surface area contributed by atoms with Crippen molar-refractivity contribution < 1.29 is 15.0 Å². The third-order valence-corrected chi connectivity index (χ3v) is 8.06. The number of hydrogen-bond acceptors (Lipinski definition) is 3. The highest BCUT2D eigenvalue weighted by molar-refractivity contribution is 6.30. The first kappa shape index (κ1) is 17.0. The van der Waals surface area contributed by atoms with E-state index in [1.54, 1.807) is 4.90 Å². The highest BCUT2D eigenvalue weighted by Crippen LogP contribution is 2.64. The monoisotopic (exact) mass is 375 g/mol. The fourth-order valence-corrected chi connectivity index (χ4v) is 6.73. The van der Waals surface area contributed by atoms with E-state index in [4.69, 9.17) is 11.6 Å². The first-order valence-corrected chi connectivity index (χ1v) is 10.2. The van der Waals surface area contributed by atoms with Gasteiger partial charge in [0, 0.05) is 29.9 Å². The van der Waals surface area contributed by atoms with Crippen molar-refractivity contribution in [3.05, 3.63) is 34.9 Å². The van der Waals surface area contributed by atoms with E-state index in [9.17, 15) is 15.0 Å². The number of halogens is 1. The smallest absolute Gasteiger partial charge is 0.223 e. The Balaban J connectivity index is 1.52. The number of hydrogen-bond donors (Lipinski definition) is 2. The van der Waals surface area contributed by atoms with Crippen molar-refractivity contribution in [2.45, 2.75) is 49.7 Å². The van der Waals surface area contributed by atoms with Gasteiger partial charge < -0.3 is 15.1 Å². The third kappa shape index (κ3) is 2.38. The maximum Gasteiger partial charge on any atom is 0.223 e. The number of benzene rings is 1. The molecule has 1 amide bonds. The quantitative estimate of drug-likeness (QED) is 0.853. The van der Waals surface area contributed by atoms with Crippen LogP contribution < -0.4 is 0 Å². The summed E-state index contributed by atoms with van der Waals surface area (Å²) in [5.41, 5.74) is 1.09. The van der Waals surface area contributed by atoms with E-state index < -0.39 is 0 Å². The zero-order valence-electron chi connectivity index (χ0n) is 14.9. The van der Waals surface area contributed by atoms with Crippen LogP contribution in [0.15, 0.2) is 24.3 Å². The van der Waals surface area contributed by atoms with Gasteiger partial charge in [-0.15, -0.1) is 0 Å². The van der Waals surface area contributed by atoms with Gasteiger partial charge in [-0.1, -0.05) is 23.7 Å². The Labute approximate surface area is 159 Å². The number of amides is 1. The van der Waals surface area contributed by atoms with Crippen LogP contribution in [0.3, 0.4) is 0 Å². The topological polar surface area (TPSA) is 60.8 Å². The van der Waals surface area contributed by atoms with Crippen molar-refractivity contribution in [1.82, 2.24) is 4.90 Å². The molecule has 26 heavy (non-hydrogen) atoms. The number of β-amino-alcohol motifs (C(OH)–C–C–N with tert-alkyl or cyclic N) is 1. The molecule has 140 valence electrons. The molecular formula is C21H26ClNO3. The summed E-state index contributed by atoms with van der Waals surface area (Å²) >= 11 is 6.13. The summed E-state index contributed by atoms with van der Waals surface area (Å²) < 4.78 is 0. The van der Waals surface area contributed by atoms with Crippen LogP contribution in [0.1, 0.15) is 37.7 Å². The Hall–Kier alpha value is -1.10. The van der Waals surface area contributed by atoms with E-state index in [0.717, 1.165) is 30.7 Å². The van der Waals surface area contributed by atoms with Crippen molar-refractivity contribution in [2.75, 3.05) is 13.1 Å². The lowest BCUT2D eigenvalue weighted by molar-refractivity contribution is -0.158. The summed E-state index contributed by atoms with van der Waals surface area (Å²) in [6, 6.07) is 8.10. The van der Waals surface area contributed by atoms with Crippen molar-refractivity contribution >= 4 is 17.5 Å². The lowest BCUT2D eigenvalue weighted by Gasteiger charge is -2.63. The molecule has 6 rings (SSSR count). The fraction of sp³-hybridized carbons (Fsp3) is 0.667. The van der Waals surface area contributed by atoms with Gasteiger partial charge in [0.1, 0.15) is 0 Å². The number of aliphatic hydroxyl groups is 2. The van der Waals surface area contributed by atoms with E-state index in [1.807, 2.05) is 12.1 Å². The molecule has 0 radical (unpaired) electrons. The average molecular weight is 376 g/mol. The molecule has 2 N–H and O–H groups in total. The van der Waals surface area contributed by atoms with Gasteiger partial charge in [-0.25, -0.2) is 0 Å². The summed E-state index contributed by atoms with van der Waals surface area (Å²) in [4.78, 5) is 14.8. The molecular weight excluding hydrogens is 350 g/mol. The van der Waals surface area contributed by atoms with Crippen LogP contribution >= 0.6 is 11.6 Å². The molecule has 1 aromatic rings. The molecule has 0 unspecified atom stereocenters. The molecule has 0 aromatic heterocycles. The van der Waals surface area contributed by atoms with E-state index in [1.165, 1.54) is 5.56 Å². The molecule has 5 aliphatic rings. The van der Waals surface area contributed by atoms with Crippen LogP contribution in [0.4, 0.5) is 0 Å². The molecule has 4 aliphatic carbocycles. The minimum absolute atomic E-state index is 0.143. The summed E-state index contributed by atoms with van der Waals surface area (Å²) in [6.45, 7) is 0.934. The zero-order valence-corrected chi connectivity index (χ0v) is 15.6. The second-order valence-corrected chi connectivity index (χ2v) is 9.46. The van der Waals surface area contributed by atoms with Gasteiger partial charge in [-0.3, -0.25) is 4.79 Å². The Bertz CT molecular complexity index is 682. The molecule has 1 aliphatic heterocycles. The largest absolute Gasteiger partial charge is 0.393 e. The summed E-state index contributed by atoms with van der Waals surface area (Å²) in [5.74, 6) is 1.87. The van der Waals surface area contributed by atoms with Gasteiger partial charge in [0.25, 0.3) is 0 Å². The Morgan fingerprint density at radius 3 is 2.08 bits per heavy atom. The molecule has 4 bridgehead atoms. The van der Waals surface area contributed by atoms with Crippen LogP contribution in [0.25, 0.3) is 0 Å². The lowest BCUT2D eigenvalue weighted by Crippen LogP contribution is -2.62. The minimum Gasteiger partial charge on any atom is -0.393 e. The van der Waals surface area contributed by atoms with E-state index in [-0.39, 0.29) is 23.5 Å². The van der Waals surface area contributed by atoms with Gasteiger partial charge >= 0.3 is 0 Å². The number of carbonyl (C=O) groups excluding carboxylic acids is 1. The molecule has 4 saturated carbocycles. The molecule has 0 atom stereocenters. The average Bonchev–Trinajstić information content (AvgIpc) is 2.57. The Morgan fingerprint density at radius 1 is 1.04 bits per heavy atom. The van der Waals surface area contributed by atoms with Crippen LogP contribution in [0, 0.1) is 23.7 Å². The molecule has 5 heteroatoms. The van der Waals surface area contributed by atoms with Crippen LogP contribution in [-0.4, -0.2) is 46.3 Å². The van der Waals surface area contributed by atoms with Crippen molar-refractivity contribution in [3.8, 4) is 0 Å². The van der Waals surface area contributed by atoms with Gasteiger partial charge in [0.15, 0.2) is 0 Å². The molecule has 5 fully saturated rings. The summed E-state index contributed by atoms with van der Waals surface area (Å²) in [6.07, 6.45) is 4.09. The molecule has 1 aromatic carbocycles. The van der Waals surface area contributed by atoms with E-state index >= 15 is 0 Å². The second-order valence-electron chi connectivity index (χ2n) is 9.02. The van der Waals surface area contributed by atoms with Crippen molar-refractivity contribution in [2.24, 2.45) is 23.7 Å². The number of rotatable bonds is 3. The SMILES string of the molecule is O=C(CC1(c2ccc(Cl)cc2)C2CC3CC1CC(C2)C3O)N1CC(O)C1. The van der Waals surface area contributed by atoms with Crippen LogP contribution in [0.2, 0.25) is 5.02 Å². The molecule has 1 heterocycles. The first-order chi connectivity index (χ1) is 12.5. The predicted molar refractivity (Wildman–Crippen MR) is 98.8 cm³/mol. The number of likely N-dealkylation sites (tertiary alicyclic amines) is 1. The van der Waals surface area contributed by atoms with Gasteiger partial charge in [0.05, 0.1) is 12.2 Å². The second kappa shape index (κ2) is 5.95. The third-order valence-electron chi connectivity index (χ3n) is 7.81. The van der Waals surface area contributed by atoms with Crippen molar-refractivity contribution in [3.63, 3.8) is 0 Å². The van der Waals surface area contributed by atoms with E-state index in [2.05, 4.69) is 12.1 Å². The van der Waals surface area contributed by atoms with Crippen LogP contribution in [-0.2, 0) is 10.2 Å². The fourth-order valence-electron chi connectivity index (χ4n) is 6.61. The molecule has 4 nitrogen and oxygen atoms in total. The lowest BCUT2D eigenvalue weighted by atomic mass is 9.42. The van der Waals surface area contributed by atoms with Gasteiger partial charge in [-0.2, -0.15) is 0 Å². The van der Waals surface area contributed by atoms with Crippen LogP contribution in [0.5, 0.6) is 0 Å². The van der Waals surface area contributed by atoms with Crippen molar-refractivity contribution in [1.29, 1.82) is 0 Å². The maximum atomic E-state index is 13.0. The first-order valence-electron chi connectivity index (χ1n) is 9.87. The molecule has 1 saturated heterocycles. The van der Waals surface area contributed by atoms with Gasteiger partial charge in [-0.05, 0) is 67.1 Å². The number of nitrogens with zero attached hydrogens (tertiary/aromatic N) is 1. The highest BCUT2D eigenvalue weighted by atomic mass is 35.5. The minimum atomic E-state index is -0.362. The summed E-state index contributed by atoms with van der Waals surface area (Å²) in [5, 5.41) is 20.8. The zero-order chi connectivity index (χ0) is 18.1. The Kier molecular flexibility index (Phi) is 3.90.